The molecule has 0 fully saturated rings. The van der Waals surface area contributed by atoms with Crippen LogP contribution >= 0.6 is 0 Å². The Bertz CT molecular complexity index is 982. The number of hydrogen-bond donors (Lipinski definition) is 1. The van der Waals surface area contributed by atoms with E-state index in [4.69, 9.17) is 0 Å². The number of nitrogens with one attached hydrogen (secondary N) is 1. The lowest BCUT2D eigenvalue weighted by atomic mass is 10.2. The van der Waals surface area contributed by atoms with Crippen LogP contribution in [-0.2, 0) is 6.54 Å². The predicted octanol–water partition coefficient (Wildman–Crippen LogP) is 3.99. The van der Waals surface area contributed by atoms with Crippen molar-refractivity contribution in [2.24, 2.45) is 0 Å². The lowest BCUT2D eigenvalue weighted by molar-refractivity contribution is -0.384. The third-order valence-electron chi connectivity index (χ3n) is 3.96. The van der Waals surface area contributed by atoms with E-state index in [1.54, 1.807) is 12.1 Å². The predicted molar refractivity (Wildman–Crippen MR) is 91.7 cm³/mol. The van der Waals surface area contributed by atoms with Gasteiger partial charge < -0.3 is 9.55 Å². The first-order chi connectivity index (χ1) is 11.7. The summed E-state index contributed by atoms with van der Waals surface area (Å²) in [4.78, 5) is 18.3. The van der Waals surface area contributed by atoms with Crippen LogP contribution in [0.25, 0.3) is 22.6 Å². The van der Waals surface area contributed by atoms with Gasteiger partial charge in [-0.25, -0.2) is 4.98 Å². The van der Waals surface area contributed by atoms with Gasteiger partial charge in [-0.1, -0.05) is 24.3 Å². The van der Waals surface area contributed by atoms with Gasteiger partial charge in [-0.2, -0.15) is 0 Å². The molecule has 24 heavy (non-hydrogen) atoms. The van der Waals surface area contributed by atoms with Gasteiger partial charge in [-0.3, -0.25) is 10.1 Å². The highest BCUT2D eigenvalue weighted by Crippen LogP contribution is 2.22. The monoisotopic (exact) mass is 318 g/mol. The molecule has 4 aromatic rings. The van der Waals surface area contributed by atoms with Crippen molar-refractivity contribution in [3.05, 3.63) is 82.5 Å². The molecule has 0 spiro atoms. The van der Waals surface area contributed by atoms with Crippen LogP contribution in [0.3, 0.4) is 0 Å². The molecule has 1 N–H and O–H groups in total. The minimum atomic E-state index is -0.390. The van der Waals surface area contributed by atoms with Gasteiger partial charge in [-0.05, 0) is 29.8 Å². The van der Waals surface area contributed by atoms with Crippen molar-refractivity contribution in [3.63, 3.8) is 0 Å². The number of para-hydroxylation sites is 2. The maximum Gasteiger partial charge on any atom is 0.269 e. The van der Waals surface area contributed by atoms with E-state index in [1.165, 1.54) is 12.1 Å². The summed E-state index contributed by atoms with van der Waals surface area (Å²) in [6.45, 7) is 0.622. The number of nitro groups is 1. The van der Waals surface area contributed by atoms with Crippen LogP contribution in [0.15, 0.2) is 66.9 Å². The van der Waals surface area contributed by atoms with Gasteiger partial charge >= 0.3 is 0 Å². The molecule has 0 atom stereocenters. The Kier molecular flexibility index (Phi) is 3.35. The number of fused-ring (bicyclic) bond motifs is 1. The fraction of sp³-hybridized carbons (Fsp3) is 0.0556. The molecule has 6 heteroatoms. The number of nitrogens with zero attached hydrogens (tertiary/aromatic N) is 3. The lowest BCUT2D eigenvalue weighted by Crippen LogP contribution is -2.01. The molecule has 0 bridgehead atoms. The van der Waals surface area contributed by atoms with E-state index in [9.17, 15) is 10.1 Å². The molecule has 0 saturated carbocycles. The molecule has 118 valence electrons. The molecule has 0 aliphatic rings. The van der Waals surface area contributed by atoms with Crippen LogP contribution in [0.4, 0.5) is 5.69 Å². The molecule has 2 aromatic heterocycles. The average Bonchev–Trinajstić information content (AvgIpc) is 3.21. The second-order valence-electron chi connectivity index (χ2n) is 5.55. The Morgan fingerprint density at radius 1 is 1.04 bits per heavy atom. The summed E-state index contributed by atoms with van der Waals surface area (Å²) in [6.07, 6.45) is 1.98. The summed E-state index contributed by atoms with van der Waals surface area (Å²) >= 11 is 0. The van der Waals surface area contributed by atoms with Gasteiger partial charge in [0, 0.05) is 24.9 Å². The second-order valence-corrected chi connectivity index (χ2v) is 5.55. The zero-order valence-electron chi connectivity index (χ0n) is 12.7. The first kappa shape index (κ1) is 14.2. The van der Waals surface area contributed by atoms with E-state index in [2.05, 4.69) is 14.5 Å². The fourth-order valence-electron chi connectivity index (χ4n) is 2.76. The number of non-ortho nitro benzene ring substituents is 1. The molecule has 0 unspecified atom stereocenters. The molecule has 2 aromatic carbocycles. The van der Waals surface area contributed by atoms with Crippen LogP contribution in [0.5, 0.6) is 0 Å². The highest BCUT2D eigenvalue weighted by atomic mass is 16.6. The average molecular weight is 318 g/mol. The van der Waals surface area contributed by atoms with Crippen molar-refractivity contribution in [2.75, 3.05) is 0 Å². The van der Waals surface area contributed by atoms with E-state index in [0.29, 0.717) is 6.54 Å². The standard InChI is InChI=1S/C18H14N4O2/c23-22(24)14-9-7-13(8-10-14)12-21-11-3-6-17(21)18-19-15-4-1-2-5-16(15)20-18/h1-11H,12H2,(H,19,20). The zero-order chi connectivity index (χ0) is 16.5. The van der Waals surface area contributed by atoms with E-state index in [1.807, 2.05) is 42.6 Å². The molecule has 6 nitrogen and oxygen atoms in total. The molecular formula is C18H14N4O2. The van der Waals surface area contributed by atoms with Gasteiger partial charge in [0.05, 0.1) is 21.7 Å². The number of aromatic amines is 1. The first-order valence-electron chi connectivity index (χ1n) is 7.54. The van der Waals surface area contributed by atoms with Gasteiger partial charge in [0.2, 0.25) is 0 Å². The first-order valence-corrected chi connectivity index (χ1v) is 7.54. The molecule has 4 rings (SSSR count). The highest BCUT2D eigenvalue weighted by Gasteiger charge is 2.10. The van der Waals surface area contributed by atoms with Crippen LogP contribution < -0.4 is 0 Å². The van der Waals surface area contributed by atoms with E-state index in [0.717, 1.165) is 28.1 Å². The lowest BCUT2D eigenvalue weighted by Gasteiger charge is -2.07. The Morgan fingerprint density at radius 3 is 2.58 bits per heavy atom. The topological polar surface area (TPSA) is 76.8 Å². The van der Waals surface area contributed by atoms with E-state index < -0.39 is 0 Å². The van der Waals surface area contributed by atoms with Gasteiger partial charge in [0.15, 0.2) is 5.82 Å². The van der Waals surface area contributed by atoms with Gasteiger partial charge in [-0.15, -0.1) is 0 Å². The van der Waals surface area contributed by atoms with Crippen LogP contribution in [0.1, 0.15) is 5.56 Å². The number of aromatic nitrogens is 3. The van der Waals surface area contributed by atoms with Crippen molar-refractivity contribution in [3.8, 4) is 11.5 Å². The minimum Gasteiger partial charge on any atom is -0.341 e. The fourth-order valence-corrected chi connectivity index (χ4v) is 2.76. The van der Waals surface area contributed by atoms with Crippen LogP contribution in [0, 0.1) is 10.1 Å². The number of nitro benzene ring substituents is 1. The highest BCUT2D eigenvalue weighted by molar-refractivity contribution is 5.78. The van der Waals surface area contributed by atoms with E-state index in [-0.39, 0.29) is 10.6 Å². The molecule has 0 radical (unpaired) electrons. The van der Waals surface area contributed by atoms with E-state index >= 15 is 0 Å². The second kappa shape index (κ2) is 5.66. The summed E-state index contributed by atoms with van der Waals surface area (Å²) < 4.78 is 2.07. The number of rotatable bonds is 4. The molecular weight excluding hydrogens is 304 g/mol. The summed E-state index contributed by atoms with van der Waals surface area (Å²) in [5, 5.41) is 10.7. The van der Waals surface area contributed by atoms with Crippen molar-refractivity contribution in [1.82, 2.24) is 14.5 Å². The molecule has 0 aliphatic heterocycles. The maximum atomic E-state index is 10.7. The largest absolute Gasteiger partial charge is 0.341 e. The number of imidazole rings is 1. The summed E-state index contributed by atoms with van der Waals surface area (Å²) in [5.41, 5.74) is 3.99. The Balaban J connectivity index is 1.66. The number of benzene rings is 2. The number of hydrogen-bond acceptors (Lipinski definition) is 3. The summed E-state index contributed by atoms with van der Waals surface area (Å²) in [5.74, 6) is 0.808. The molecule has 0 saturated heterocycles. The summed E-state index contributed by atoms with van der Waals surface area (Å²) in [7, 11) is 0. The molecule has 2 heterocycles. The Labute approximate surface area is 137 Å². The normalized spacial score (nSPS) is 11.0. The Morgan fingerprint density at radius 2 is 1.83 bits per heavy atom. The van der Waals surface area contributed by atoms with Crippen LogP contribution in [-0.4, -0.2) is 19.5 Å². The minimum absolute atomic E-state index is 0.101. The molecule has 0 aliphatic carbocycles. The molecule has 0 amide bonds. The third kappa shape index (κ3) is 2.54. The third-order valence-corrected chi connectivity index (χ3v) is 3.96. The Hall–Kier alpha value is -3.41. The quantitative estimate of drug-likeness (QED) is 0.456. The van der Waals surface area contributed by atoms with Crippen molar-refractivity contribution >= 4 is 16.7 Å². The SMILES string of the molecule is O=[N+]([O-])c1ccc(Cn2cccc2-c2nc3ccccc3[nH]2)cc1. The van der Waals surface area contributed by atoms with Crippen molar-refractivity contribution < 1.29 is 4.92 Å². The maximum absolute atomic E-state index is 10.7. The number of H-pyrrole nitrogens is 1. The van der Waals surface area contributed by atoms with Gasteiger partial charge in [0.25, 0.3) is 5.69 Å². The van der Waals surface area contributed by atoms with Crippen molar-refractivity contribution in [1.29, 1.82) is 0 Å². The van der Waals surface area contributed by atoms with Gasteiger partial charge in [0.1, 0.15) is 0 Å². The smallest absolute Gasteiger partial charge is 0.269 e. The summed E-state index contributed by atoms with van der Waals surface area (Å²) in [6, 6.07) is 18.5. The van der Waals surface area contributed by atoms with Crippen LogP contribution in [0.2, 0.25) is 0 Å². The zero-order valence-corrected chi connectivity index (χ0v) is 12.7. The van der Waals surface area contributed by atoms with Crippen molar-refractivity contribution in [2.45, 2.75) is 6.54 Å².